The van der Waals surface area contributed by atoms with Crippen LogP contribution in [0.25, 0.3) is 0 Å². The molecule has 0 aliphatic rings. The van der Waals surface area contributed by atoms with Crippen molar-refractivity contribution in [1.29, 1.82) is 0 Å². The molecule has 0 aliphatic carbocycles. The normalized spacial score (nSPS) is 12.3. The number of anilines is 1. The zero-order chi connectivity index (χ0) is 19.3. The van der Waals surface area contributed by atoms with Gasteiger partial charge in [-0.05, 0) is 43.2 Å². The second-order valence-electron chi connectivity index (χ2n) is 5.80. The van der Waals surface area contributed by atoms with E-state index in [4.69, 9.17) is 9.88 Å². The monoisotopic (exact) mass is 376 g/mol. The minimum atomic E-state index is -3.88. The Balaban J connectivity index is 1.97. The molecule has 2 aromatic carbocycles. The predicted octanol–water partition coefficient (Wildman–Crippen LogP) is 1.76. The first-order valence-corrected chi connectivity index (χ1v) is 9.39. The smallest absolute Gasteiger partial charge is 0.311 e. The van der Waals surface area contributed by atoms with Crippen LogP contribution in [0.3, 0.4) is 0 Å². The van der Waals surface area contributed by atoms with E-state index in [-0.39, 0.29) is 17.0 Å². The van der Waals surface area contributed by atoms with Crippen molar-refractivity contribution in [3.8, 4) is 0 Å². The molecule has 2 aromatic rings. The molecule has 0 aliphatic heterocycles. The molecule has 0 fully saturated rings. The first kappa shape index (κ1) is 19.6. The van der Waals surface area contributed by atoms with Gasteiger partial charge in [-0.15, -0.1) is 0 Å². The van der Waals surface area contributed by atoms with Crippen molar-refractivity contribution >= 4 is 27.6 Å². The van der Waals surface area contributed by atoms with Crippen molar-refractivity contribution in [2.24, 2.45) is 5.14 Å². The number of hydrogen-bond acceptors (Lipinski definition) is 5. The van der Waals surface area contributed by atoms with E-state index in [2.05, 4.69) is 5.32 Å². The summed E-state index contributed by atoms with van der Waals surface area (Å²) in [4.78, 5) is 24.1. The molecule has 138 valence electrons. The third-order valence-corrected chi connectivity index (χ3v) is 4.61. The predicted molar refractivity (Wildman–Crippen MR) is 96.9 cm³/mol. The molecule has 0 aromatic heterocycles. The molecular formula is C18H20N2O5S. The van der Waals surface area contributed by atoms with Gasteiger partial charge in [-0.2, -0.15) is 0 Å². The van der Waals surface area contributed by atoms with Gasteiger partial charge >= 0.3 is 5.97 Å². The molecule has 0 saturated carbocycles. The topological polar surface area (TPSA) is 116 Å². The number of nitrogens with one attached hydrogen (secondary N) is 1. The van der Waals surface area contributed by atoms with Crippen LogP contribution in [0.5, 0.6) is 0 Å². The standard InChI is InChI=1S/C18H20N2O5S/c1-12-6-3-4-7-14(12)10-17(21)25-13(2)18(22)20-15-8-5-9-16(11-15)26(19,23)24/h3-9,11,13H,10H2,1-2H3,(H,20,22)(H2,19,23,24)/t13-/m1/s1. The second-order valence-corrected chi connectivity index (χ2v) is 7.36. The lowest BCUT2D eigenvalue weighted by Crippen LogP contribution is -2.30. The highest BCUT2D eigenvalue weighted by Gasteiger charge is 2.19. The Kier molecular flexibility index (Phi) is 6.12. The van der Waals surface area contributed by atoms with Crippen LogP contribution in [0.15, 0.2) is 53.4 Å². The van der Waals surface area contributed by atoms with E-state index >= 15 is 0 Å². The summed E-state index contributed by atoms with van der Waals surface area (Å²) in [6, 6.07) is 12.9. The second kappa shape index (κ2) is 8.11. The molecule has 0 radical (unpaired) electrons. The minimum absolute atomic E-state index is 0.0607. The quantitative estimate of drug-likeness (QED) is 0.745. The number of carbonyl (C=O) groups excluding carboxylic acids is 2. The summed E-state index contributed by atoms with van der Waals surface area (Å²) in [7, 11) is -3.88. The summed E-state index contributed by atoms with van der Waals surface area (Å²) in [6.45, 7) is 3.33. The first-order chi connectivity index (χ1) is 12.2. The van der Waals surface area contributed by atoms with Gasteiger partial charge in [-0.3, -0.25) is 9.59 Å². The van der Waals surface area contributed by atoms with Gasteiger partial charge in [-0.25, -0.2) is 13.6 Å². The Labute approximate surface area is 152 Å². The Bertz CT molecular complexity index is 925. The van der Waals surface area contributed by atoms with Gasteiger partial charge in [0, 0.05) is 5.69 Å². The molecule has 0 unspecified atom stereocenters. The molecule has 2 rings (SSSR count). The zero-order valence-electron chi connectivity index (χ0n) is 14.4. The summed E-state index contributed by atoms with van der Waals surface area (Å²) in [5.74, 6) is -1.10. The number of sulfonamides is 1. The van der Waals surface area contributed by atoms with Gasteiger partial charge in [-0.1, -0.05) is 30.3 Å². The number of hydrogen-bond donors (Lipinski definition) is 2. The Hall–Kier alpha value is -2.71. The number of amides is 1. The highest BCUT2D eigenvalue weighted by molar-refractivity contribution is 7.89. The van der Waals surface area contributed by atoms with Crippen molar-refractivity contribution in [1.82, 2.24) is 0 Å². The number of primary sulfonamides is 1. The highest BCUT2D eigenvalue weighted by Crippen LogP contribution is 2.15. The summed E-state index contributed by atoms with van der Waals surface area (Å²) in [6.07, 6.45) is -0.977. The maximum atomic E-state index is 12.2. The molecule has 8 heteroatoms. The van der Waals surface area contributed by atoms with E-state index in [1.54, 1.807) is 0 Å². The van der Waals surface area contributed by atoms with Gasteiger partial charge in [0.1, 0.15) is 0 Å². The van der Waals surface area contributed by atoms with E-state index in [0.29, 0.717) is 0 Å². The van der Waals surface area contributed by atoms with Crippen LogP contribution in [0.4, 0.5) is 5.69 Å². The third kappa shape index (κ3) is 5.40. The van der Waals surface area contributed by atoms with Gasteiger partial charge in [0.05, 0.1) is 11.3 Å². The summed E-state index contributed by atoms with van der Waals surface area (Å²) in [5.41, 5.74) is 2.02. The van der Waals surface area contributed by atoms with Gasteiger partial charge in [0.2, 0.25) is 10.0 Å². The zero-order valence-corrected chi connectivity index (χ0v) is 15.2. The minimum Gasteiger partial charge on any atom is -0.452 e. The maximum Gasteiger partial charge on any atom is 0.311 e. The van der Waals surface area contributed by atoms with Gasteiger partial charge < -0.3 is 10.1 Å². The average molecular weight is 376 g/mol. The third-order valence-electron chi connectivity index (χ3n) is 3.70. The van der Waals surface area contributed by atoms with Crippen LogP contribution in [0.2, 0.25) is 0 Å². The fraction of sp³-hybridized carbons (Fsp3) is 0.222. The molecule has 0 saturated heterocycles. The molecule has 1 atom stereocenters. The molecular weight excluding hydrogens is 356 g/mol. The van der Waals surface area contributed by atoms with Gasteiger partial charge in [0.25, 0.3) is 5.91 Å². The number of ether oxygens (including phenoxy) is 1. The van der Waals surface area contributed by atoms with Crippen molar-refractivity contribution in [3.63, 3.8) is 0 Å². The SMILES string of the molecule is Cc1ccccc1CC(=O)O[C@H](C)C(=O)Nc1cccc(S(N)(=O)=O)c1. The molecule has 0 heterocycles. The lowest BCUT2D eigenvalue weighted by Gasteiger charge is -2.14. The van der Waals surface area contributed by atoms with Crippen molar-refractivity contribution < 1.29 is 22.7 Å². The van der Waals surface area contributed by atoms with E-state index in [0.717, 1.165) is 11.1 Å². The number of carbonyl (C=O) groups is 2. The van der Waals surface area contributed by atoms with E-state index in [1.807, 2.05) is 31.2 Å². The fourth-order valence-corrected chi connectivity index (χ4v) is 2.81. The van der Waals surface area contributed by atoms with Crippen LogP contribution in [0, 0.1) is 6.92 Å². The highest BCUT2D eigenvalue weighted by atomic mass is 32.2. The van der Waals surface area contributed by atoms with Crippen molar-refractivity contribution in [2.75, 3.05) is 5.32 Å². The largest absolute Gasteiger partial charge is 0.452 e. The number of nitrogens with two attached hydrogens (primary N) is 1. The summed E-state index contributed by atoms with van der Waals surface area (Å²) in [5, 5.41) is 7.56. The van der Waals surface area contributed by atoms with Crippen LogP contribution in [-0.2, 0) is 30.8 Å². The Morgan fingerprint density at radius 2 is 1.85 bits per heavy atom. The molecule has 3 N–H and O–H groups in total. The summed E-state index contributed by atoms with van der Waals surface area (Å²) >= 11 is 0. The van der Waals surface area contributed by atoms with E-state index in [9.17, 15) is 18.0 Å². The molecule has 0 bridgehead atoms. The first-order valence-electron chi connectivity index (χ1n) is 7.84. The average Bonchev–Trinajstić information content (AvgIpc) is 2.56. The maximum absolute atomic E-state index is 12.2. The van der Waals surface area contributed by atoms with Crippen LogP contribution >= 0.6 is 0 Å². The molecule has 26 heavy (non-hydrogen) atoms. The molecule has 0 spiro atoms. The number of aryl methyl sites for hydroxylation is 1. The molecule has 1 amide bonds. The van der Waals surface area contributed by atoms with E-state index in [1.165, 1.54) is 31.2 Å². The van der Waals surface area contributed by atoms with Crippen LogP contribution in [0.1, 0.15) is 18.1 Å². The van der Waals surface area contributed by atoms with E-state index < -0.39 is 28.0 Å². The Morgan fingerprint density at radius 1 is 1.15 bits per heavy atom. The Morgan fingerprint density at radius 3 is 2.50 bits per heavy atom. The lowest BCUT2D eigenvalue weighted by atomic mass is 10.1. The number of esters is 1. The summed E-state index contributed by atoms with van der Waals surface area (Å²) < 4.78 is 27.8. The van der Waals surface area contributed by atoms with Crippen molar-refractivity contribution in [3.05, 3.63) is 59.7 Å². The van der Waals surface area contributed by atoms with Crippen LogP contribution in [-0.4, -0.2) is 26.4 Å². The van der Waals surface area contributed by atoms with Crippen LogP contribution < -0.4 is 10.5 Å². The van der Waals surface area contributed by atoms with Gasteiger partial charge in [0.15, 0.2) is 6.10 Å². The number of benzene rings is 2. The number of rotatable bonds is 6. The molecule has 7 nitrogen and oxygen atoms in total. The lowest BCUT2D eigenvalue weighted by molar-refractivity contribution is -0.152. The van der Waals surface area contributed by atoms with Crippen molar-refractivity contribution in [2.45, 2.75) is 31.3 Å². The fourth-order valence-electron chi connectivity index (χ4n) is 2.25.